The highest BCUT2D eigenvalue weighted by atomic mass is 32.2. The minimum atomic E-state index is 0.557. The fourth-order valence-corrected chi connectivity index (χ4v) is 0. The lowest BCUT2D eigenvalue weighted by molar-refractivity contribution is 1.53. The molecule has 0 atom stereocenters. The molecule has 1 heteroatoms. The van der Waals surface area contributed by atoms with E-state index in [1.54, 1.807) is 11.8 Å². The molecule has 0 aromatic carbocycles. The highest BCUT2D eigenvalue weighted by molar-refractivity contribution is 7.98. The van der Waals surface area contributed by atoms with Gasteiger partial charge in [0.1, 0.15) is 0 Å². The molecule has 0 rings (SSSR count). The Balaban J connectivity index is 2.19. The summed E-state index contributed by atoms with van der Waals surface area (Å²) in [5.74, 6) is 0.972. The maximum atomic E-state index is 6.58. The summed E-state index contributed by atoms with van der Waals surface area (Å²) in [6, 6.07) is 0. The average Bonchev–Trinajstić information content (AvgIpc) is 1.41. The van der Waals surface area contributed by atoms with Gasteiger partial charge in [-0.05, 0) is 12.0 Å². The van der Waals surface area contributed by atoms with E-state index in [4.69, 9.17) is 1.37 Å². The van der Waals surface area contributed by atoms with Crippen molar-refractivity contribution in [2.45, 2.75) is 6.90 Å². The second kappa shape index (κ2) is 3.35. The molecule has 0 saturated heterocycles. The summed E-state index contributed by atoms with van der Waals surface area (Å²) >= 11 is 1.71. The van der Waals surface area contributed by atoms with E-state index in [0.29, 0.717) is 6.90 Å². The molecule has 0 spiro atoms. The van der Waals surface area contributed by atoms with Crippen LogP contribution in [0.5, 0.6) is 0 Å². The van der Waals surface area contributed by atoms with Crippen molar-refractivity contribution in [3.63, 3.8) is 0 Å². The lowest BCUT2D eigenvalue weighted by Crippen LogP contribution is -1.52. The summed E-state index contributed by atoms with van der Waals surface area (Å²) in [4.78, 5) is 0. The Morgan fingerprint density at radius 2 is 3.00 bits per heavy atom. The summed E-state index contributed by atoms with van der Waals surface area (Å²) in [7, 11) is 0. The standard InChI is InChI=1S/C3H8S/c1-3-4-2/h3H2,1-2H3/i1D. The molecule has 4 heavy (non-hydrogen) atoms. The second-order valence-electron chi connectivity index (χ2n) is 0.493. The van der Waals surface area contributed by atoms with Gasteiger partial charge in [-0.3, -0.25) is 0 Å². The minimum Gasteiger partial charge on any atom is -0.166 e. The van der Waals surface area contributed by atoms with Crippen molar-refractivity contribution in [1.29, 1.82) is 0 Å². The molecule has 0 aliphatic rings. The van der Waals surface area contributed by atoms with Crippen LogP contribution in [0.1, 0.15) is 8.27 Å². The van der Waals surface area contributed by atoms with E-state index in [2.05, 4.69) is 0 Å². The Kier molecular flexibility index (Phi) is 2.16. The van der Waals surface area contributed by atoms with Crippen LogP contribution in [0.15, 0.2) is 0 Å². The van der Waals surface area contributed by atoms with Gasteiger partial charge in [0.2, 0.25) is 0 Å². The smallest absolute Gasteiger partial charge is 0.0239 e. The maximum absolute atomic E-state index is 6.58. The van der Waals surface area contributed by atoms with Crippen LogP contribution < -0.4 is 0 Å². The summed E-state index contributed by atoms with van der Waals surface area (Å²) in [6.45, 7) is 0.557. The van der Waals surface area contributed by atoms with E-state index >= 15 is 0 Å². The van der Waals surface area contributed by atoms with Crippen LogP contribution in [0, 0.1) is 0 Å². The van der Waals surface area contributed by atoms with Crippen molar-refractivity contribution < 1.29 is 1.37 Å². The molecule has 0 radical (unpaired) electrons. The maximum Gasteiger partial charge on any atom is 0.0239 e. The van der Waals surface area contributed by atoms with Crippen LogP contribution in [0.3, 0.4) is 0 Å². The van der Waals surface area contributed by atoms with Crippen LogP contribution in [-0.4, -0.2) is 12.0 Å². The van der Waals surface area contributed by atoms with Crippen molar-refractivity contribution in [3.8, 4) is 0 Å². The number of hydrogen-bond acceptors (Lipinski definition) is 1. The highest BCUT2D eigenvalue weighted by Gasteiger charge is 1.55. The minimum absolute atomic E-state index is 0.557. The Bertz CT molecular complexity index is 14.4. The lowest BCUT2D eigenvalue weighted by atomic mass is 11.0. The molecular formula is C3H8S. The third-order valence-corrected chi connectivity index (χ3v) is 0.612. The van der Waals surface area contributed by atoms with E-state index in [-0.39, 0.29) is 0 Å². The van der Waals surface area contributed by atoms with Gasteiger partial charge in [0.15, 0.2) is 0 Å². The van der Waals surface area contributed by atoms with Gasteiger partial charge in [-0.2, -0.15) is 11.8 Å². The zero-order valence-electron chi connectivity index (χ0n) is 3.82. The molecule has 0 aliphatic heterocycles. The van der Waals surface area contributed by atoms with Gasteiger partial charge >= 0.3 is 0 Å². The van der Waals surface area contributed by atoms with Gasteiger partial charge in [0, 0.05) is 1.37 Å². The average molecular weight is 77.2 g/mol. The summed E-state index contributed by atoms with van der Waals surface area (Å²) in [6.07, 6.45) is 2.01. The molecular weight excluding hydrogens is 68.1 g/mol. The Morgan fingerprint density at radius 3 is 3.00 bits per heavy atom. The zero-order chi connectivity index (χ0) is 4.12. The Labute approximate surface area is 33.0 Å². The summed E-state index contributed by atoms with van der Waals surface area (Å²) < 4.78 is 6.58. The van der Waals surface area contributed by atoms with Crippen LogP contribution in [0.25, 0.3) is 0 Å². The molecule has 0 amide bonds. The predicted molar refractivity (Wildman–Crippen MR) is 24.1 cm³/mol. The lowest BCUT2D eigenvalue weighted by Gasteiger charge is -1.69. The van der Waals surface area contributed by atoms with E-state index in [1.807, 2.05) is 6.26 Å². The molecule has 0 N–H and O–H groups in total. The van der Waals surface area contributed by atoms with E-state index in [9.17, 15) is 0 Å². The molecule has 0 aliphatic carbocycles. The van der Waals surface area contributed by atoms with E-state index in [1.165, 1.54) is 0 Å². The van der Waals surface area contributed by atoms with Crippen molar-refractivity contribution in [2.24, 2.45) is 0 Å². The van der Waals surface area contributed by atoms with Crippen molar-refractivity contribution in [2.75, 3.05) is 12.0 Å². The number of hydrogen-bond donors (Lipinski definition) is 0. The molecule has 0 fully saturated rings. The molecule has 0 heterocycles. The Hall–Kier alpha value is 0.350. The first-order valence-electron chi connectivity index (χ1n) is 1.90. The van der Waals surface area contributed by atoms with Crippen LogP contribution in [0.2, 0.25) is 0 Å². The van der Waals surface area contributed by atoms with E-state index in [0.717, 1.165) is 5.75 Å². The first-order chi connectivity index (χ1) is 2.41. The monoisotopic (exact) mass is 77.0 g/mol. The number of thioether (sulfide) groups is 1. The first-order valence-corrected chi connectivity index (χ1v) is 2.59. The molecule has 0 aromatic rings. The zero-order valence-corrected chi connectivity index (χ0v) is 3.64. The topological polar surface area (TPSA) is 0 Å². The SMILES string of the molecule is [2H]CCSC. The fourth-order valence-electron chi connectivity index (χ4n) is 0. The third kappa shape index (κ3) is 2.35. The van der Waals surface area contributed by atoms with Gasteiger partial charge in [-0.15, -0.1) is 0 Å². The number of rotatable bonds is 1. The highest BCUT2D eigenvalue weighted by Crippen LogP contribution is 1.83. The molecule has 0 aromatic heterocycles. The van der Waals surface area contributed by atoms with E-state index < -0.39 is 0 Å². The van der Waals surface area contributed by atoms with Crippen LogP contribution >= 0.6 is 11.8 Å². The van der Waals surface area contributed by atoms with Gasteiger partial charge in [0.25, 0.3) is 0 Å². The van der Waals surface area contributed by atoms with Crippen molar-refractivity contribution >= 4 is 11.8 Å². The second-order valence-corrected chi connectivity index (χ2v) is 1.48. The fraction of sp³-hybridized carbons (Fsp3) is 1.00. The quantitative estimate of drug-likeness (QED) is 0.455. The van der Waals surface area contributed by atoms with Gasteiger partial charge in [-0.1, -0.05) is 6.90 Å². The molecule has 26 valence electrons. The summed E-state index contributed by atoms with van der Waals surface area (Å²) in [5, 5.41) is 0. The van der Waals surface area contributed by atoms with Gasteiger partial charge in [-0.25, -0.2) is 0 Å². The largest absolute Gasteiger partial charge is 0.166 e. The van der Waals surface area contributed by atoms with Crippen molar-refractivity contribution in [1.82, 2.24) is 0 Å². The van der Waals surface area contributed by atoms with Crippen LogP contribution in [0.4, 0.5) is 0 Å². The van der Waals surface area contributed by atoms with Gasteiger partial charge in [0.05, 0.1) is 0 Å². The molecule has 0 unspecified atom stereocenters. The summed E-state index contributed by atoms with van der Waals surface area (Å²) in [5.41, 5.74) is 0. The predicted octanol–water partition coefficient (Wildman–Crippen LogP) is 1.37. The van der Waals surface area contributed by atoms with Gasteiger partial charge < -0.3 is 0 Å². The van der Waals surface area contributed by atoms with Crippen molar-refractivity contribution in [3.05, 3.63) is 0 Å². The Morgan fingerprint density at radius 1 is 2.25 bits per heavy atom. The normalized spacial score (nSPS) is 10.8. The third-order valence-electron chi connectivity index (χ3n) is 0.204. The molecule has 0 saturated carbocycles. The molecule has 0 bridgehead atoms. The molecule has 0 nitrogen and oxygen atoms in total. The van der Waals surface area contributed by atoms with Crippen LogP contribution in [-0.2, 0) is 0 Å². The first kappa shape index (κ1) is 2.58.